The third kappa shape index (κ3) is 3.83. The lowest BCUT2D eigenvalue weighted by molar-refractivity contribution is 0.0946. The molecule has 0 aromatic carbocycles. The smallest absolute Gasteiger partial charge is 0.271 e. The van der Waals surface area contributed by atoms with Crippen LogP contribution in [0, 0.1) is 13.8 Å². The predicted molar refractivity (Wildman–Crippen MR) is 101 cm³/mol. The quantitative estimate of drug-likeness (QED) is 0.688. The Morgan fingerprint density at radius 2 is 2.04 bits per heavy atom. The molecular weight excluding hydrogens is 358 g/mol. The molecule has 1 aliphatic carbocycles. The van der Waals surface area contributed by atoms with Crippen molar-refractivity contribution in [2.24, 2.45) is 0 Å². The van der Waals surface area contributed by atoms with Gasteiger partial charge in [-0.25, -0.2) is 9.67 Å². The molecule has 0 spiro atoms. The first-order chi connectivity index (χ1) is 13.5. The number of amides is 1. The maximum absolute atomic E-state index is 12.3. The molecule has 0 saturated heterocycles. The Morgan fingerprint density at radius 3 is 2.64 bits per heavy atom. The highest BCUT2D eigenvalue weighted by Crippen LogP contribution is 2.38. The Labute approximate surface area is 161 Å². The van der Waals surface area contributed by atoms with Crippen molar-refractivity contribution in [3.05, 3.63) is 63.7 Å². The van der Waals surface area contributed by atoms with E-state index in [9.17, 15) is 9.59 Å². The van der Waals surface area contributed by atoms with Crippen LogP contribution in [0.1, 0.15) is 46.3 Å². The number of hydrogen-bond acceptors (Lipinski definition) is 6. The third-order valence-electron chi connectivity index (χ3n) is 4.64. The van der Waals surface area contributed by atoms with E-state index in [4.69, 9.17) is 0 Å². The van der Waals surface area contributed by atoms with Gasteiger partial charge in [-0.2, -0.15) is 5.10 Å². The standard InChI is InChI=1S/C19H21N7O2/c1-12-9-13(2)26(24-12)17-6-5-15(22-23-17)19(28)20-7-8-25-11-21-16(10-18(25)27)14-3-4-14/h5-6,9-11,14H,3-4,7-8H2,1-2H3,(H,20,28). The van der Waals surface area contributed by atoms with Gasteiger partial charge in [0.15, 0.2) is 11.5 Å². The van der Waals surface area contributed by atoms with Crippen LogP contribution in [0.3, 0.4) is 0 Å². The summed E-state index contributed by atoms with van der Waals surface area (Å²) in [5.41, 5.74) is 2.80. The summed E-state index contributed by atoms with van der Waals surface area (Å²) in [6.07, 6.45) is 3.75. The normalized spacial score (nSPS) is 13.5. The van der Waals surface area contributed by atoms with Gasteiger partial charge in [0.25, 0.3) is 11.5 Å². The monoisotopic (exact) mass is 379 g/mol. The fraction of sp³-hybridized carbons (Fsp3) is 0.368. The zero-order chi connectivity index (χ0) is 19.7. The molecule has 0 atom stereocenters. The van der Waals surface area contributed by atoms with E-state index in [2.05, 4.69) is 25.6 Å². The number of carbonyl (C=O) groups excluding carboxylic acids is 1. The van der Waals surface area contributed by atoms with E-state index in [1.807, 2.05) is 19.9 Å². The van der Waals surface area contributed by atoms with Crippen molar-refractivity contribution >= 4 is 5.91 Å². The SMILES string of the molecule is Cc1cc(C)n(-c2ccc(C(=O)NCCn3cnc(C4CC4)cc3=O)nn2)n1. The Morgan fingerprint density at radius 1 is 1.21 bits per heavy atom. The largest absolute Gasteiger partial charge is 0.349 e. The highest BCUT2D eigenvalue weighted by atomic mass is 16.2. The Hall–Kier alpha value is -3.36. The molecule has 9 heteroatoms. The summed E-state index contributed by atoms with van der Waals surface area (Å²) in [6, 6.07) is 6.83. The van der Waals surface area contributed by atoms with Crippen molar-refractivity contribution < 1.29 is 4.79 Å². The van der Waals surface area contributed by atoms with Gasteiger partial charge in [-0.1, -0.05) is 0 Å². The highest BCUT2D eigenvalue weighted by Gasteiger charge is 2.25. The summed E-state index contributed by atoms with van der Waals surface area (Å²) in [5.74, 6) is 0.650. The summed E-state index contributed by atoms with van der Waals surface area (Å²) < 4.78 is 3.17. The van der Waals surface area contributed by atoms with Crippen LogP contribution in [-0.4, -0.2) is 42.0 Å². The molecule has 144 valence electrons. The number of aromatic nitrogens is 6. The van der Waals surface area contributed by atoms with Gasteiger partial charge >= 0.3 is 0 Å². The second kappa shape index (κ2) is 7.34. The summed E-state index contributed by atoms with van der Waals surface area (Å²) in [5, 5.41) is 15.2. The number of aryl methyl sites for hydroxylation is 2. The molecular formula is C19H21N7O2. The topological polar surface area (TPSA) is 108 Å². The minimum absolute atomic E-state index is 0.0971. The first kappa shape index (κ1) is 18.0. The molecule has 0 bridgehead atoms. The van der Waals surface area contributed by atoms with Crippen molar-refractivity contribution in [3.8, 4) is 5.82 Å². The second-order valence-corrected chi connectivity index (χ2v) is 6.99. The maximum Gasteiger partial charge on any atom is 0.271 e. The number of carbonyl (C=O) groups is 1. The van der Waals surface area contributed by atoms with Crippen LogP contribution in [0.25, 0.3) is 5.82 Å². The van der Waals surface area contributed by atoms with Crippen LogP contribution < -0.4 is 10.9 Å². The van der Waals surface area contributed by atoms with Gasteiger partial charge in [-0.3, -0.25) is 14.2 Å². The van der Waals surface area contributed by atoms with Crippen molar-refractivity contribution in [1.82, 2.24) is 34.8 Å². The van der Waals surface area contributed by atoms with Crippen LogP contribution in [-0.2, 0) is 6.54 Å². The van der Waals surface area contributed by atoms with Gasteiger partial charge in [0.1, 0.15) is 0 Å². The van der Waals surface area contributed by atoms with E-state index >= 15 is 0 Å². The van der Waals surface area contributed by atoms with Crippen molar-refractivity contribution in [3.63, 3.8) is 0 Å². The van der Waals surface area contributed by atoms with E-state index < -0.39 is 0 Å². The lowest BCUT2D eigenvalue weighted by Gasteiger charge is -2.08. The predicted octanol–water partition coefficient (Wildman–Crippen LogP) is 1.14. The minimum Gasteiger partial charge on any atom is -0.349 e. The second-order valence-electron chi connectivity index (χ2n) is 6.99. The van der Waals surface area contributed by atoms with Crippen molar-refractivity contribution in [2.45, 2.75) is 39.2 Å². The molecule has 4 rings (SSSR count). The molecule has 1 aliphatic rings. The summed E-state index contributed by atoms with van der Waals surface area (Å²) in [4.78, 5) is 28.7. The molecule has 1 N–H and O–H groups in total. The van der Waals surface area contributed by atoms with Gasteiger partial charge in [0.2, 0.25) is 0 Å². The summed E-state index contributed by atoms with van der Waals surface area (Å²) in [7, 11) is 0. The molecule has 0 radical (unpaired) electrons. The van der Waals surface area contributed by atoms with Gasteiger partial charge in [-0.15, -0.1) is 10.2 Å². The zero-order valence-corrected chi connectivity index (χ0v) is 15.8. The number of hydrogen-bond donors (Lipinski definition) is 1. The molecule has 1 amide bonds. The maximum atomic E-state index is 12.3. The van der Waals surface area contributed by atoms with Gasteiger partial charge in [0, 0.05) is 30.8 Å². The number of nitrogens with zero attached hydrogens (tertiary/aromatic N) is 6. The van der Waals surface area contributed by atoms with Crippen LogP contribution in [0.15, 0.2) is 35.4 Å². The molecule has 28 heavy (non-hydrogen) atoms. The van der Waals surface area contributed by atoms with Crippen molar-refractivity contribution in [2.75, 3.05) is 6.54 Å². The summed E-state index contributed by atoms with van der Waals surface area (Å²) in [6.45, 7) is 4.47. The average Bonchev–Trinajstić information content (AvgIpc) is 3.47. The van der Waals surface area contributed by atoms with Crippen LogP contribution in [0.5, 0.6) is 0 Å². The fourth-order valence-electron chi connectivity index (χ4n) is 3.01. The Balaban J connectivity index is 1.35. The minimum atomic E-state index is -0.344. The van der Waals surface area contributed by atoms with E-state index in [0.29, 0.717) is 24.8 Å². The van der Waals surface area contributed by atoms with E-state index in [-0.39, 0.29) is 17.2 Å². The molecule has 0 aliphatic heterocycles. The lowest BCUT2D eigenvalue weighted by atomic mass is 10.3. The Kier molecular flexibility index (Phi) is 4.72. The zero-order valence-electron chi connectivity index (χ0n) is 15.8. The molecule has 3 heterocycles. The van der Waals surface area contributed by atoms with Crippen LogP contribution in [0.4, 0.5) is 0 Å². The molecule has 9 nitrogen and oxygen atoms in total. The van der Waals surface area contributed by atoms with Gasteiger partial charge in [-0.05, 0) is 44.9 Å². The molecule has 3 aromatic rings. The first-order valence-electron chi connectivity index (χ1n) is 9.23. The molecule has 1 fully saturated rings. The van der Waals surface area contributed by atoms with E-state index in [1.54, 1.807) is 29.2 Å². The summed E-state index contributed by atoms with van der Waals surface area (Å²) >= 11 is 0. The Bertz CT molecular complexity index is 1060. The van der Waals surface area contributed by atoms with E-state index in [1.165, 1.54) is 4.57 Å². The molecule has 0 unspecified atom stereocenters. The van der Waals surface area contributed by atoms with Crippen LogP contribution in [0.2, 0.25) is 0 Å². The average molecular weight is 379 g/mol. The van der Waals surface area contributed by atoms with Gasteiger partial charge in [0.05, 0.1) is 17.7 Å². The van der Waals surface area contributed by atoms with Gasteiger partial charge < -0.3 is 5.32 Å². The molecule has 1 saturated carbocycles. The number of rotatable bonds is 6. The third-order valence-corrected chi connectivity index (χ3v) is 4.64. The van der Waals surface area contributed by atoms with E-state index in [0.717, 1.165) is 29.9 Å². The van der Waals surface area contributed by atoms with Crippen LogP contribution >= 0.6 is 0 Å². The lowest BCUT2D eigenvalue weighted by Crippen LogP contribution is -2.31. The number of nitrogens with one attached hydrogen (secondary N) is 1. The van der Waals surface area contributed by atoms with Crippen molar-refractivity contribution in [1.29, 1.82) is 0 Å². The fourth-order valence-corrected chi connectivity index (χ4v) is 3.01. The first-order valence-corrected chi connectivity index (χ1v) is 9.23. The molecule has 3 aromatic heterocycles. The highest BCUT2D eigenvalue weighted by molar-refractivity contribution is 5.92.